The smallest absolute Gasteiger partial charge is 0.349 e. The fourth-order valence-electron chi connectivity index (χ4n) is 3.47. The van der Waals surface area contributed by atoms with Crippen LogP contribution in [0.5, 0.6) is 0 Å². The number of benzene rings is 2. The molecule has 3 aromatic rings. The van der Waals surface area contributed by atoms with Crippen molar-refractivity contribution < 1.29 is 19.1 Å². The van der Waals surface area contributed by atoms with Crippen molar-refractivity contribution in [3.05, 3.63) is 64.5 Å². The molecule has 0 aliphatic carbocycles. The minimum Gasteiger partial charge on any atom is -0.450 e. The zero-order chi connectivity index (χ0) is 19.8. The lowest BCUT2D eigenvalue weighted by atomic mass is 10.0. The first-order valence-electron chi connectivity index (χ1n) is 9.09. The molecule has 4 rings (SSSR count). The van der Waals surface area contributed by atoms with Crippen LogP contribution in [-0.4, -0.2) is 30.3 Å². The zero-order valence-corrected chi connectivity index (χ0v) is 16.4. The summed E-state index contributed by atoms with van der Waals surface area (Å²) < 4.78 is 6.42. The van der Waals surface area contributed by atoms with E-state index in [1.165, 1.54) is 18.3 Å². The lowest BCUT2D eigenvalue weighted by molar-refractivity contribution is -0.116. The first-order chi connectivity index (χ1) is 13.4. The molecule has 1 atom stereocenters. The first-order valence-corrected chi connectivity index (χ1v) is 9.90. The van der Waals surface area contributed by atoms with Crippen molar-refractivity contribution in [3.8, 4) is 0 Å². The maximum atomic E-state index is 12.7. The Morgan fingerprint density at radius 2 is 1.89 bits per heavy atom. The highest BCUT2D eigenvalue weighted by molar-refractivity contribution is 7.20. The van der Waals surface area contributed by atoms with Gasteiger partial charge in [0.2, 0.25) is 11.7 Å². The Balaban J connectivity index is 1.49. The molecule has 2 heterocycles. The number of hydrogen-bond acceptors (Lipinski definition) is 5. The van der Waals surface area contributed by atoms with E-state index in [1.54, 1.807) is 36.1 Å². The van der Waals surface area contributed by atoms with E-state index in [9.17, 15) is 14.4 Å². The van der Waals surface area contributed by atoms with Gasteiger partial charge in [-0.25, -0.2) is 4.79 Å². The quantitative estimate of drug-likeness (QED) is 0.491. The van der Waals surface area contributed by atoms with Crippen molar-refractivity contribution in [1.82, 2.24) is 0 Å². The normalized spacial score (nSPS) is 14.0. The molecule has 0 saturated heterocycles. The van der Waals surface area contributed by atoms with E-state index in [0.29, 0.717) is 23.4 Å². The molecule has 1 unspecified atom stereocenters. The third-order valence-electron chi connectivity index (χ3n) is 4.92. The van der Waals surface area contributed by atoms with Gasteiger partial charge in [-0.05, 0) is 54.6 Å². The van der Waals surface area contributed by atoms with Gasteiger partial charge >= 0.3 is 5.97 Å². The molecule has 1 aliphatic rings. The van der Waals surface area contributed by atoms with Crippen molar-refractivity contribution in [2.75, 3.05) is 11.4 Å². The van der Waals surface area contributed by atoms with Gasteiger partial charge in [-0.3, -0.25) is 9.59 Å². The average molecular weight is 393 g/mol. The molecule has 6 heteroatoms. The summed E-state index contributed by atoms with van der Waals surface area (Å²) in [6, 6.07) is 14.8. The number of esters is 1. The van der Waals surface area contributed by atoms with E-state index in [0.717, 1.165) is 21.3 Å². The van der Waals surface area contributed by atoms with Crippen molar-refractivity contribution in [1.29, 1.82) is 0 Å². The summed E-state index contributed by atoms with van der Waals surface area (Å²) in [5.74, 6) is -0.757. The molecule has 0 fully saturated rings. The number of anilines is 1. The largest absolute Gasteiger partial charge is 0.450 e. The molecule has 0 radical (unpaired) electrons. The molecule has 1 aromatic heterocycles. The number of rotatable bonds is 4. The number of carbonyl (C=O) groups excluding carboxylic acids is 3. The Labute approximate surface area is 166 Å². The summed E-state index contributed by atoms with van der Waals surface area (Å²) in [5.41, 5.74) is 2.30. The number of amides is 1. The summed E-state index contributed by atoms with van der Waals surface area (Å²) in [4.78, 5) is 39.0. The van der Waals surface area contributed by atoms with Crippen LogP contribution in [0.3, 0.4) is 0 Å². The summed E-state index contributed by atoms with van der Waals surface area (Å²) in [6.07, 6.45) is -0.174. The fourth-order valence-corrected chi connectivity index (χ4v) is 4.42. The van der Waals surface area contributed by atoms with Crippen LogP contribution >= 0.6 is 11.3 Å². The minimum atomic E-state index is -0.888. The predicted molar refractivity (Wildman–Crippen MR) is 109 cm³/mol. The second-order valence-electron chi connectivity index (χ2n) is 6.82. The predicted octanol–water partition coefficient (Wildman–Crippen LogP) is 4.24. The van der Waals surface area contributed by atoms with Gasteiger partial charge in [0.15, 0.2) is 6.10 Å². The maximum Gasteiger partial charge on any atom is 0.349 e. The zero-order valence-electron chi connectivity index (χ0n) is 15.6. The van der Waals surface area contributed by atoms with E-state index < -0.39 is 12.1 Å². The molecular weight excluding hydrogens is 374 g/mol. The summed E-state index contributed by atoms with van der Waals surface area (Å²) in [6.45, 7) is 3.74. The Hall–Kier alpha value is -2.99. The summed E-state index contributed by atoms with van der Waals surface area (Å²) >= 11 is 1.35. The average Bonchev–Trinajstić information content (AvgIpc) is 3.30. The minimum absolute atomic E-state index is 0.0107. The Bertz CT molecular complexity index is 1070. The number of carbonyl (C=O) groups is 3. The lowest BCUT2D eigenvalue weighted by Gasteiger charge is -2.15. The van der Waals surface area contributed by atoms with Crippen LogP contribution in [0.15, 0.2) is 48.5 Å². The van der Waals surface area contributed by atoms with Crippen LogP contribution in [0.25, 0.3) is 10.1 Å². The molecule has 142 valence electrons. The lowest BCUT2D eigenvalue weighted by Crippen LogP contribution is -2.26. The molecule has 0 saturated carbocycles. The van der Waals surface area contributed by atoms with E-state index in [-0.39, 0.29) is 11.7 Å². The number of Topliss-reactive ketones (excluding diaryl/α,β-unsaturated/α-hetero) is 1. The topological polar surface area (TPSA) is 63.7 Å². The number of ketones is 1. The van der Waals surface area contributed by atoms with E-state index in [4.69, 9.17) is 4.74 Å². The van der Waals surface area contributed by atoms with E-state index >= 15 is 0 Å². The van der Waals surface area contributed by atoms with Gasteiger partial charge in [-0.1, -0.05) is 18.2 Å². The molecule has 0 spiro atoms. The highest BCUT2D eigenvalue weighted by Crippen LogP contribution is 2.30. The standard InChI is InChI=1S/C22H19NO4S/c1-13(27-22(26)20-12-16-5-3-4-6-19(16)28-20)21(25)17-7-8-18-15(11-17)9-10-23(18)14(2)24/h3-8,11-13H,9-10H2,1-2H3. The molecule has 1 aliphatic heterocycles. The number of hydrogen-bond donors (Lipinski definition) is 0. The first kappa shape index (κ1) is 18.4. The number of ether oxygens (including phenoxy) is 1. The maximum absolute atomic E-state index is 12.7. The second-order valence-corrected chi connectivity index (χ2v) is 7.91. The van der Waals surface area contributed by atoms with Crippen LogP contribution in [0, 0.1) is 0 Å². The third kappa shape index (κ3) is 3.31. The summed E-state index contributed by atoms with van der Waals surface area (Å²) in [5, 5.41) is 0.979. The van der Waals surface area contributed by atoms with Crippen LogP contribution in [-0.2, 0) is 16.0 Å². The van der Waals surface area contributed by atoms with Crippen molar-refractivity contribution in [3.63, 3.8) is 0 Å². The molecule has 5 nitrogen and oxygen atoms in total. The Kier molecular flexibility index (Phi) is 4.73. The summed E-state index contributed by atoms with van der Waals surface area (Å²) in [7, 11) is 0. The van der Waals surface area contributed by atoms with E-state index in [2.05, 4.69) is 0 Å². The van der Waals surface area contributed by atoms with Crippen molar-refractivity contribution >= 4 is 44.8 Å². The number of nitrogens with zero attached hydrogens (tertiary/aromatic N) is 1. The molecule has 0 bridgehead atoms. The molecule has 2 aromatic carbocycles. The van der Waals surface area contributed by atoms with E-state index in [1.807, 2.05) is 24.3 Å². The van der Waals surface area contributed by atoms with Gasteiger partial charge in [0.1, 0.15) is 4.88 Å². The molecule has 0 N–H and O–H groups in total. The SMILES string of the molecule is CC(=O)N1CCc2cc(C(=O)C(C)OC(=O)c3cc4ccccc4s3)ccc21. The Morgan fingerprint density at radius 3 is 2.64 bits per heavy atom. The Morgan fingerprint density at radius 1 is 1.11 bits per heavy atom. The molecule has 1 amide bonds. The second kappa shape index (κ2) is 7.20. The van der Waals surface area contributed by atoms with Gasteiger partial charge in [-0.2, -0.15) is 0 Å². The monoisotopic (exact) mass is 393 g/mol. The third-order valence-corrected chi connectivity index (χ3v) is 6.02. The van der Waals surface area contributed by atoms with Gasteiger partial charge in [-0.15, -0.1) is 11.3 Å². The fraction of sp³-hybridized carbons (Fsp3) is 0.227. The van der Waals surface area contributed by atoms with Crippen LogP contribution in [0.1, 0.15) is 39.4 Å². The van der Waals surface area contributed by atoms with Crippen LogP contribution in [0.2, 0.25) is 0 Å². The molecule has 28 heavy (non-hydrogen) atoms. The highest BCUT2D eigenvalue weighted by Gasteiger charge is 2.26. The van der Waals surface area contributed by atoms with Crippen LogP contribution < -0.4 is 4.90 Å². The van der Waals surface area contributed by atoms with Crippen molar-refractivity contribution in [2.24, 2.45) is 0 Å². The van der Waals surface area contributed by atoms with Gasteiger partial charge < -0.3 is 9.64 Å². The number of fused-ring (bicyclic) bond motifs is 2. The molecular formula is C22H19NO4S. The van der Waals surface area contributed by atoms with Crippen molar-refractivity contribution in [2.45, 2.75) is 26.4 Å². The van der Waals surface area contributed by atoms with Gasteiger partial charge in [0.05, 0.1) is 0 Å². The number of thiophene rings is 1. The van der Waals surface area contributed by atoms with Crippen LogP contribution in [0.4, 0.5) is 5.69 Å². The van der Waals surface area contributed by atoms with Gasteiger partial charge in [0.25, 0.3) is 0 Å². The highest BCUT2D eigenvalue weighted by atomic mass is 32.1. The van der Waals surface area contributed by atoms with Gasteiger partial charge in [0, 0.05) is 29.4 Å².